The number of hydrogen-bond acceptors (Lipinski definition) is 3. The van der Waals surface area contributed by atoms with Crippen molar-refractivity contribution in [3.05, 3.63) is 88.0 Å². The van der Waals surface area contributed by atoms with E-state index in [-0.39, 0.29) is 0 Å². The predicted octanol–water partition coefficient (Wildman–Crippen LogP) is 5.21. The molecule has 0 aliphatic carbocycles. The fourth-order valence-corrected chi connectivity index (χ4v) is 3.57. The molecule has 0 heterocycles. The first-order valence-corrected chi connectivity index (χ1v) is 9.08. The van der Waals surface area contributed by atoms with E-state index in [1.54, 1.807) is 20.3 Å². The Balaban J connectivity index is 2.03. The number of rotatable bonds is 6. The topological polar surface area (TPSA) is 38.7 Å². The smallest absolute Gasteiger partial charge is 0.125 e. The maximum atomic E-state index is 10.2. The van der Waals surface area contributed by atoms with Gasteiger partial charge < -0.3 is 14.6 Å². The summed E-state index contributed by atoms with van der Waals surface area (Å²) in [5, 5.41) is 10.2. The fourth-order valence-electron chi connectivity index (χ4n) is 3.57. The number of benzene rings is 3. The third kappa shape index (κ3) is 4.25. The van der Waals surface area contributed by atoms with Crippen molar-refractivity contribution in [1.82, 2.24) is 0 Å². The van der Waals surface area contributed by atoms with Crippen molar-refractivity contribution in [3.8, 4) is 17.2 Å². The van der Waals surface area contributed by atoms with Gasteiger partial charge in [0.15, 0.2) is 0 Å². The lowest BCUT2D eigenvalue weighted by molar-refractivity contribution is 0.402. The third-order valence-corrected chi connectivity index (χ3v) is 4.78. The highest BCUT2D eigenvalue weighted by molar-refractivity contribution is 5.51. The highest BCUT2D eigenvalue weighted by Crippen LogP contribution is 2.33. The molecule has 0 radical (unpaired) electrons. The van der Waals surface area contributed by atoms with Crippen LogP contribution in [0, 0.1) is 13.8 Å². The standard InChI is InChI=1S/C24H26O3/c1-16-9-10-23(26-3)19(11-16)15-21-13-17(2)12-20(24(21)27-4)14-18-7-5-6-8-22(18)25/h5-13,25H,14-15H2,1-4H3. The number of ether oxygens (including phenoxy) is 2. The molecule has 0 spiro atoms. The van der Waals surface area contributed by atoms with Gasteiger partial charge in [-0.1, -0.05) is 53.6 Å². The van der Waals surface area contributed by atoms with E-state index in [0.717, 1.165) is 40.2 Å². The van der Waals surface area contributed by atoms with Gasteiger partial charge in [-0.25, -0.2) is 0 Å². The van der Waals surface area contributed by atoms with Gasteiger partial charge >= 0.3 is 0 Å². The molecule has 0 aromatic heterocycles. The summed E-state index contributed by atoms with van der Waals surface area (Å²) in [5.41, 5.74) is 6.58. The minimum atomic E-state index is 0.308. The molecule has 3 nitrogen and oxygen atoms in total. The van der Waals surface area contributed by atoms with Gasteiger partial charge in [0.25, 0.3) is 0 Å². The summed E-state index contributed by atoms with van der Waals surface area (Å²) < 4.78 is 11.3. The Morgan fingerprint density at radius 3 is 1.96 bits per heavy atom. The largest absolute Gasteiger partial charge is 0.508 e. The van der Waals surface area contributed by atoms with Crippen molar-refractivity contribution in [2.75, 3.05) is 14.2 Å². The predicted molar refractivity (Wildman–Crippen MR) is 109 cm³/mol. The van der Waals surface area contributed by atoms with Crippen LogP contribution in [0.4, 0.5) is 0 Å². The highest BCUT2D eigenvalue weighted by Gasteiger charge is 2.15. The maximum absolute atomic E-state index is 10.2. The molecule has 27 heavy (non-hydrogen) atoms. The summed E-state index contributed by atoms with van der Waals surface area (Å²) >= 11 is 0. The summed E-state index contributed by atoms with van der Waals surface area (Å²) in [6, 6.07) is 17.9. The molecular formula is C24H26O3. The Morgan fingerprint density at radius 2 is 1.33 bits per heavy atom. The molecule has 0 bridgehead atoms. The molecule has 1 N–H and O–H groups in total. The van der Waals surface area contributed by atoms with Crippen LogP contribution >= 0.6 is 0 Å². The van der Waals surface area contributed by atoms with Gasteiger partial charge in [-0.05, 0) is 48.2 Å². The van der Waals surface area contributed by atoms with Crippen LogP contribution in [0.3, 0.4) is 0 Å². The van der Waals surface area contributed by atoms with Gasteiger partial charge in [0.1, 0.15) is 17.2 Å². The van der Waals surface area contributed by atoms with Gasteiger partial charge in [0, 0.05) is 12.8 Å². The van der Waals surface area contributed by atoms with Crippen LogP contribution in [0.25, 0.3) is 0 Å². The SMILES string of the molecule is COc1ccc(C)cc1Cc1cc(C)cc(Cc2ccccc2O)c1OC. The zero-order valence-electron chi connectivity index (χ0n) is 16.4. The van der Waals surface area contributed by atoms with Gasteiger partial charge in [-0.15, -0.1) is 0 Å². The van der Waals surface area contributed by atoms with Crippen LogP contribution in [0.15, 0.2) is 54.6 Å². The summed E-state index contributed by atoms with van der Waals surface area (Å²) in [7, 11) is 3.40. The molecule has 0 saturated heterocycles. The van der Waals surface area contributed by atoms with Crippen LogP contribution in [0.1, 0.15) is 33.4 Å². The molecule has 0 atom stereocenters. The third-order valence-electron chi connectivity index (χ3n) is 4.78. The molecule has 3 aromatic rings. The second kappa shape index (κ2) is 8.17. The maximum Gasteiger partial charge on any atom is 0.125 e. The molecule has 3 heteroatoms. The van der Waals surface area contributed by atoms with E-state index >= 15 is 0 Å². The average molecular weight is 362 g/mol. The molecular weight excluding hydrogens is 336 g/mol. The molecule has 140 valence electrons. The van der Waals surface area contributed by atoms with Crippen molar-refractivity contribution in [3.63, 3.8) is 0 Å². The molecule has 3 aromatic carbocycles. The summed E-state index contributed by atoms with van der Waals surface area (Å²) in [5.74, 6) is 2.06. The Hall–Kier alpha value is -2.94. The van der Waals surface area contributed by atoms with E-state index in [1.165, 1.54) is 11.1 Å². The Kier molecular flexibility index (Phi) is 5.70. The van der Waals surface area contributed by atoms with Crippen LogP contribution in [0.2, 0.25) is 0 Å². The molecule has 0 saturated carbocycles. The number of para-hydroxylation sites is 1. The van der Waals surface area contributed by atoms with E-state index in [4.69, 9.17) is 9.47 Å². The lowest BCUT2D eigenvalue weighted by atomic mass is 9.94. The normalized spacial score (nSPS) is 10.7. The minimum absolute atomic E-state index is 0.308. The Bertz CT molecular complexity index is 944. The molecule has 0 amide bonds. The van der Waals surface area contributed by atoms with Crippen molar-refractivity contribution >= 4 is 0 Å². The van der Waals surface area contributed by atoms with Crippen LogP contribution in [0.5, 0.6) is 17.2 Å². The Morgan fingerprint density at radius 1 is 0.704 bits per heavy atom. The van der Waals surface area contributed by atoms with Crippen LogP contribution in [-0.2, 0) is 12.8 Å². The quantitative estimate of drug-likeness (QED) is 0.654. The van der Waals surface area contributed by atoms with Crippen molar-refractivity contribution < 1.29 is 14.6 Å². The van der Waals surface area contributed by atoms with Crippen molar-refractivity contribution in [2.45, 2.75) is 26.7 Å². The second-order valence-corrected chi connectivity index (χ2v) is 6.91. The molecule has 0 aliphatic rings. The van der Waals surface area contributed by atoms with E-state index in [9.17, 15) is 5.11 Å². The Labute approximate surface area is 161 Å². The fraction of sp³-hybridized carbons (Fsp3) is 0.250. The first-order chi connectivity index (χ1) is 13.0. The highest BCUT2D eigenvalue weighted by atomic mass is 16.5. The zero-order valence-corrected chi connectivity index (χ0v) is 16.4. The molecule has 3 rings (SSSR count). The number of aryl methyl sites for hydroxylation is 2. The number of phenolic OH excluding ortho intramolecular Hbond substituents is 1. The molecule has 0 aliphatic heterocycles. The first kappa shape index (κ1) is 18.8. The number of phenols is 1. The second-order valence-electron chi connectivity index (χ2n) is 6.91. The summed E-state index contributed by atoms with van der Waals surface area (Å²) in [6.45, 7) is 4.17. The van der Waals surface area contributed by atoms with E-state index in [2.05, 4.69) is 38.1 Å². The number of methoxy groups -OCH3 is 2. The van der Waals surface area contributed by atoms with E-state index in [1.807, 2.05) is 24.3 Å². The van der Waals surface area contributed by atoms with Crippen molar-refractivity contribution in [2.24, 2.45) is 0 Å². The molecule has 0 unspecified atom stereocenters. The summed E-state index contributed by atoms with van der Waals surface area (Å²) in [6.07, 6.45) is 1.35. The lowest BCUT2D eigenvalue weighted by Crippen LogP contribution is -2.02. The number of aromatic hydroxyl groups is 1. The van der Waals surface area contributed by atoms with Crippen molar-refractivity contribution in [1.29, 1.82) is 0 Å². The summed E-state index contributed by atoms with van der Waals surface area (Å²) in [4.78, 5) is 0. The minimum Gasteiger partial charge on any atom is -0.508 e. The van der Waals surface area contributed by atoms with Crippen LogP contribution < -0.4 is 9.47 Å². The average Bonchev–Trinajstić information content (AvgIpc) is 2.64. The number of hydrogen-bond donors (Lipinski definition) is 1. The van der Waals surface area contributed by atoms with Gasteiger partial charge in [0.2, 0.25) is 0 Å². The first-order valence-electron chi connectivity index (χ1n) is 9.08. The molecule has 0 fully saturated rings. The van der Waals surface area contributed by atoms with E-state index in [0.29, 0.717) is 12.2 Å². The van der Waals surface area contributed by atoms with Crippen LogP contribution in [-0.4, -0.2) is 19.3 Å². The van der Waals surface area contributed by atoms with Gasteiger partial charge in [-0.2, -0.15) is 0 Å². The lowest BCUT2D eigenvalue weighted by Gasteiger charge is -2.17. The van der Waals surface area contributed by atoms with Gasteiger partial charge in [-0.3, -0.25) is 0 Å². The zero-order chi connectivity index (χ0) is 19.4. The van der Waals surface area contributed by atoms with Gasteiger partial charge in [0.05, 0.1) is 14.2 Å². The monoisotopic (exact) mass is 362 g/mol. The van der Waals surface area contributed by atoms with E-state index < -0.39 is 0 Å².